The van der Waals surface area contributed by atoms with Gasteiger partial charge in [-0.2, -0.15) is 0 Å². The van der Waals surface area contributed by atoms with Gasteiger partial charge in [-0.25, -0.2) is 0 Å². The average Bonchev–Trinajstić information content (AvgIpc) is 3.02. The van der Waals surface area contributed by atoms with Gasteiger partial charge in [-0.15, -0.1) is 0 Å². The van der Waals surface area contributed by atoms with Gasteiger partial charge in [0.2, 0.25) is 0 Å². The normalized spacial score (nSPS) is 15.8. The van der Waals surface area contributed by atoms with Gasteiger partial charge in [0.15, 0.2) is 0 Å². The fourth-order valence-corrected chi connectivity index (χ4v) is 3.49. The van der Waals surface area contributed by atoms with Crippen LogP contribution in [-0.2, 0) is 13.1 Å². The van der Waals surface area contributed by atoms with E-state index in [1.54, 1.807) is 0 Å². The molecule has 3 aromatic rings. The lowest BCUT2D eigenvalue weighted by molar-refractivity contribution is 0.696. The minimum Gasteiger partial charge on any atom is -0.326 e. The zero-order valence-electron chi connectivity index (χ0n) is 11.1. The molecule has 0 unspecified atom stereocenters. The fourth-order valence-electron chi connectivity index (χ4n) is 3.49. The summed E-state index contributed by atoms with van der Waals surface area (Å²) >= 11 is 0. The highest BCUT2D eigenvalue weighted by Crippen LogP contribution is 2.39. The number of nitrogens with zero attached hydrogens (tertiary/aromatic N) is 2. The van der Waals surface area contributed by atoms with Crippen LogP contribution in [0, 0.1) is 0 Å². The average molecular weight is 258 g/mol. The summed E-state index contributed by atoms with van der Waals surface area (Å²) in [6, 6.07) is 19.7. The van der Waals surface area contributed by atoms with Crippen LogP contribution in [0.2, 0.25) is 0 Å². The van der Waals surface area contributed by atoms with Crippen molar-refractivity contribution in [1.82, 2.24) is 4.57 Å². The molecule has 2 nitrogen and oxygen atoms in total. The third-order valence-corrected chi connectivity index (χ3v) is 4.44. The Morgan fingerprint density at radius 3 is 2.75 bits per heavy atom. The highest BCUT2D eigenvalue weighted by atomic mass is 15.3. The van der Waals surface area contributed by atoms with Gasteiger partial charge in [-0.05, 0) is 29.8 Å². The highest BCUT2D eigenvalue weighted by molar-refractivity contribution is 5.86. The van der Waals surface area contributed by atoms with Crippen LogP contribution in [0.1, 0.15) is 11.3 Å². The first-order valence-corrected chi connectivity index (χ1v) is 7.04. The number of benzene rings is 2. The van der Waals surface area contributed by atoms with Crippen molar-refractivity contribution >= 4 is 22.7 Å². The van der Waals surface area contributed by atoms with Crippen LogP contribution in [0.15, 0.2) is 60.3 Å². The molecule has 2 aliphatic heterocycles. The molecule has 0 radical (unpaired) electrons. The maximum Gasteiger partial charge on any atom is 0.0997 e. The van der Waals surface area contributed by atoms with Gasteiger partial charge in [0.1, 0.15) is 0 Å². The Balaban J connectivity index is 1.73. The number of anilines is 1. The maximum absolute atomic E-state index is 2.44. The van der Waals surface area contributed by atoms with Crippen LogP contribution in [-0.4, -0.2) is 4.57 Å². The first-order valence-electron chi connectivity index (χ1n) is 7.04. The molecule has 0 amide bonds. The molecule has 2 heteroatoms. The molecule has 5 rings (SSSR count). The predicted molar refractivity (Wildman–Crippen MR) is 82.5 cm³/mol. The minimum atomic E-state index is 0.922. The lowest BCUT2D eigenvalue weighted by atomic mass is 10.1. The second kappa shape index (κ2) is 3.54. The molecule has 0 saturated carbocycles. The van der Waals surface area contributed by atoms with E-state index in [0.29, 0.717) is 0 Å². The molecule has 0 atom stereocenters. The molecular formula is C18H14N2. The van der Waals surface area contributed by atoms with E-state index in [0.717, 1.165) is 13.1 Å². The molecule has 2 aromatic carbocycles. The number of allylic oxidation sites excluding steroid dienone is 1. The molecule has 0 bridgehead atoms. The van der Waals surface area contributed by atoms with E-state index in [-0.39, 0.29) is 0 Å². The highest BCUT2D eigenvalue weighted by Gasteiger charge is 2.27. The third kappa shape index (κ3) is 1.23. The number of hydrogen-bond donors (Lipinski definition) is 0. The predicted octanol–water partition coefficient (Wildman–Crippen LogP) is 4.02. The molecule has 0 fully saturated rings. The van der Waals surface area contributed by atoms with E-state index < -0.39 is 0 Å². The van der Waals surface area contributed by atoms with Crippen molar-refractivity contribution < 1.29 is 0 Å². The van der Waals surface area contributed by atoms with Gasteiger partial charge in [0.25, 0.3) is 0 Å². The minimum absolute atomic E-state index is 0.922. The van der Waals surface area contributed by atoms with Crippen molar-refractivity contribution in [1.29, 1.82) is 0 Å². The summed E-state index contributed by atoms with van der Waals surface area (Å²) in [7, 11) is 0. The second-order valence-corrected chi connectivity index (χ2v) is 5.57. The van der Waals surface area contributed by atoms with E-state index in [1.165, 1.54) is 33.5 Å². The first kappa shape index (κ1) is 10.3. The Morgan fingerprint density at radius 1 is 0.900 bits per heavy atom. The van der Waals surface area contributed by atoms with Crippen molar-refractivity contribution in [3.05, 3.63) is 71.6 Å². The van der Waals surface area contributed by atoms with Crippen LogP contribution in [0.4, 0.5) is 5.69 Å². The number of para-hydroxylation sites is 2. The molecule has 96 valence electrons. The molecule has 0 aliphatic carbocycles. The monoisotopic (exact) mass is 258 g/mol. The number of fused-ring (bicyclic) bond motifs is 6. The van der Waals surface area contributed by atoms with E-state index in [2.05, 4.69) is 70.1 Å². The Bertz CT molecular complexity index is 870. The molecule has 3 heterocycles. The molecule has 1 aromatic heterocycles. The van der Waals surface area contributed by atoms with E-state index in [4.69, 9.17) is 0 Å². The van der Waals surface area contributed by atoms with Crippen molar-refractivity contribution in [2.75, 3.05) is 4.90 Å². The summed E-state index contributed by atoms with van der Waals surface area (Å²) in [5.41, 5.74) is 6.87. The van der Waals surface area contributed by atoms with E-state index in [1.807, 2.05) is 0 Å². The summed E-state index contributed by atoms with van der Waals surface area (Å²) in [5, 5.41) is 1.33. The maximum atomic E-state index is 2.44. The van der Waals surface area contributed by atoms with Gasteiger partial charge in [0, 0.05) is 28.9 Å². The SMILES string of the molecule is C1=C2Cc3ccccc3N2Cn2c1cc1ccccc12. The van der Waals surface area contributed by atoms with Crippen LogP contribution in [0.3, 0.4) is 0 Å². The van der Waals surface area contributed by atoms with Crippen LogP contribution in [0.5, 0.6) is 0 Å². The lowest BCUT2D eigenvalue weighted by Crippen LogP contribution is -2.26. The fraction of sp³-hybridized carbons (Fsp3) is 0.111. The number of aromatic nitrogens is 1. The van der Waals surface area contributed by atoms with Crippen molar-refractivity contribution in [2.45, 2.75) is 13.1 Å². The molecular weight excluding hydrogens is 244 g/mol. The van der Waals surface area contributed by atoms with Gasteiger partial charge in [-0.3, -0.25) is 0 Å². The standard InChI is InChI=1S/C18H14N2/c1-3-7-17-13(5-1)9-15-11-16-10-14-6-2-4-8-18(14)20(16)12-19(15)17/h1-9,11H,10,12H2. The Kier molecular flexibility index (Phi) is 1.83. The zero-order chi connectivity index (χ0) is 13.1. The number of hydrogen-bond acceptors (Lipinski definition) is 1. The molecule has 0 N–H and O–H groups in total. The van der Waals surface area contributed by atoms with E-state index >= 15 is 0 Å². The summed E-state index contributed by atoms with van der Waals surface area (Å²) in [6.07, 6.45) is 3.39. The second-order valence-electron chi connectivity index (χ2n) is 5.57. The summed E-state index contributed by atoms with van der Waals surface area (Å²) in [6.45, 7) is 0.922. The summed E-state index contributed by atoms with van der Waals surface area (Å²) < 4.78 is 2.40. The third-order valence-electron chi connectivity index (χ3n) is 4.44. The van der Waals surface area contributed by atoms with E-state index in [9.17, 15) is 0 Å². The summed E-state index contributed by atoms with van der Waals surface area (Å²) in [4.78, 5) is 2.44. The van der Waals surface area contributed by atoms with Crippen LogP contribution < -0.4 is 4.90 Å². The first-order chi connectivity index (χ1) is 9.90. The smallest absolute Gasteiger partial charge is 0.0997 e. The van der Waals surface area contributed by atoms with Crippen molar-refractivity contribution in [3.8, 4) is 0 Å². The van der Waals surface area contributed by atoms with Crippen molar-refractivity contribution in [2.24, 2.45) is 0 Å². The van der Waals surface area contributed by atoms with Crippen LogP contribution in [0.25, 0.3) is 17.0 Å². The van der Waals surface area contributed by atoms with Gasteiger partial charge in [-0.1, -0.05) is 36.4 Å². The Labute approximate surface area is 117 Å². The summed E-state index contributed by atoms with van der Waals surface area (Å²) in [5.74, 6) is 0. The zero-order valence-corrected chi connectivity index (χ0v) is 11.1. The molecule has 0 spiro atoms. The van der Waals surface area contributed by atoms with Gasteiger partial charge in [0.05, 0.1) is 12.2 Å². The Hall–Kier alpha value is -2.48. The van der Waals surface area contributed by atoms with Crippen molar-refractivity contribution in [3.63, 3.8) is 0 Å². The van der Waals surface area contributed by atoms with Gasteiger partial charge < -0.3 is 9.47 Å². The Morgan fingerprint density at radius 2 is 1.75 bits per heavy atom. The molecule has 20 heavy (non-hydrogen) atoms. The van der Waals surface area contributed by atoms with Crippen LogP contribution >= 0.6 is 0 Å². The largest absolute Gasteiger partial charge is 0.326 e. The number of rotatable bonds is 0. The lowest BCUT2D eigenvalue weighted by Gasteiger charge is -2.27. The quantitative estimate of drug-likeness (QED) is 0.591. The molecule has 2 aliphatic rings. The molecule has 0 saturated heterocycles. The topological polar surface area (TPSA) is 8.17 Å². The van der Waals surface area contributed by atoms with Gasteiger partial charge >= 0.3 is 0 Å².